The molecule has 0 aliphatic carbocycles. The second-order valence-corrected chi connectivity index (χ2v) is 7.83. The predicted octanol–water partition coefficient (Wildman–Crippen LogP) is 2.73. The van der Waals surface area contributed by atoms with Crippen molar-refractivity contribution in [2.24, 2.45) is 0 Å². The van der Waals surface area contributed by atoms with Gasteiger partial charge in [-0.2, -0.15) is 5.10 Å². The van der Waals surface area contributed by atoms with E-state index in [1.807, 2.05) is 60.7 Å². The molecule has 0 bridgehead atoms. The first-order valence-electron chi connectivity index (χ1n) is 10.3. The van der Waals surface area contributed by atoms with Gasteiger partial charge in [0, 0.05) is 25.8 Å². The Morgan fingerprint density at radius 2 is 1.81 bits per heavy atom. The average Bonchev–Trinajstić information content (AvgIpc) is 3.22. The number of nitrogens with one attached hydrogen (secondary N) is 1. The molecule has 2 aromatic carbocycles. The monoisotopic (exact) mass is 418 g/mol. The minimum absolute atomic E-state index is 0.219. The van der Waals surface area contributed by atoms with Crippen molar-refractivity contribution in [1.82, 2.24) is 20.0 Å². The smallest absolute Gasteiger partial charge is 0.273 e. The van der Waals surface area contributed by atoms with Gasteiger partial charge in [-0.05, 0) is 18.6 Å². The maximum absolute atomic E-state index is 13.4. The molecule has 1 N–H and O–H groups in total. The van der Waals surface area contributed by atoms with Gasteiger partial charge in [0.1, 0.15) is 11.2 Å². The Morgan fingerprint density at radius 3 is 2.48 bits per heavy atom. The molecule has 7 nitrogen and oxygen atoms in total. The summed E-state index contributed by atoms with van der Waals surface area (Å²) in [5.41, 5.74) is 2.03. The lowest BCUT2D eigenvalue weighted by molar-refractivity contribution is -0.133. The molecule has 2 amide bonds. The largest absolute Gasteiger partial charge is 0.383 e. The van der Waals surface area contributed by atoms with E-state index in [0.717, 1.165) is 11.1 Å². The molecule has 0 spiro atoms. The van der Waals surface area contributed by atoms with Gasteiger partial charge in [0.25, 0.3) is 5.91 Å². The molecular formula is C24H26N4O3. The van der Waals surface area contributed by atoms with Crippen molar-refractivity contribution in [2.45, 2.75) is 25.6 Å². The summed E-state index contributed by atoms with van der Waals surface area (Å²) in [5, 5.41) is 7.63. The first-order chi connectivity index (χ1) is 15.0. The van der Waals surface area contributed by atoms with E-state index in [4.69, 9.17) is 4.74 Å². The number of rotatable bonds is 7. The van der Waals surface area contributed by atoms with Gasteiger partial charge in [-0.1, -0.05) is 60.7 Å². The van der Waals surface area contributed by atoms with Crippen molar-refractivity contribution in [3.8, 4) is 11.3 Å². The highest BCUT2D eigenvalue weighted by Gasteiger charge is 2.47. The summed E-state index contributed by atoms with van der Waals surface area (Å²) in [7, 11) is 1.58. The van der Waals surface area contributed by atoms with Crippen molar-refractivity contribution >= 4 is 11.8 Å². The number of ether oxygens (including phenoxy) is 1. The van der Waals surface area contributed by atoms with Crippen LogP contribution in [-0.4, -0.2) is 52.3 Å². The molecule has 0 saturated heterocycles. The molecule has 0 radical (unpaired) electrons. The summed E-state index contributed by atoms with van der Waals surface area (Å²) in [4.78, 5) is 28.3. The lowest BCUT2D eigenvalue weighted by Crippen LogP contribution is -2.64. The molecule has 1 aromatic heterocycles. The van der Waals surface area contributed by atoms with Crippen LogP contribution < -0.4 is 5.32 Å². The summed E-state index contributed by atoms with van der Waals surface area (Å²) in [6.45, 7) is 3.10. The van der Waals surface area contributed by atoms with Crippen LogP contribution in [0.4, 0.5) is 0 Å². The summed E-state index contributed by atoms with van der Waals surface area (Å²) in [6, 6.07) is 21.2. The van der Waals surface area contributed by atoms with Crippen molar-refractivity contribution in [1.29, 1.82) is 0 Å². The van der Waals surface area contributed by atoms with Gasteiger partial charge >= 0.3 is 0 Å². The summed E-state index contributed by atoms with van der Waals surface area (Å²) >= 11 is 0. The minimum Gasteiger partial charge on any atom is -0.383 e. The number of fused-ring (bicyclic) bond motifs is 1. The van der Waals surface area contributed by atoms with Gasteiger partial charge in [0.05, 0.1) is 18.8 Å². The van der Waals surface area contributed by atoms with Crippen LogP contribution in [0, 0.1) is 0 Å². The first kappa shape index (κ1) is 20.8. The molecule has 0 unspecified atom stereocenters. The fraction of sp³-hybridized carbons (Fsp3) is 0.292. The first-order valence-corrected chi connectivity index (χ1v) is 10.3. The second-order valence-electron chi connectivity index (χ2n) is 7.83. The van der Waals surface area contributed by atoms with E-state index in [2.05, 4.69) is 10.4 Å². The van der Waals surface area contributed by atoms with Gasteiger partial charge in [-0.3, -0.25) is 14.3 Å². The highest BCUT2D eigenvalue weighted by atomic mass is 16.5. The number of carbonyl (C=O) groups is 2. The van der Waals surface area contributed by atoms with Crippen molar-refractivity contribution in [2.75, 3.05) is 20.3 Å². The van der Waals surface area contributed by atoms with Crippen LogP contribution in [0.2, 0.25) is 0 Å². The lowest BCUT2D eigenvalue weighted by Gasteiger charge is -2.43. The number of amides is 2. The Balaban J connectivity index is 1.64. The van der Waals surface area contributed by atoms with Crippen LogP contribution in [0.5, 0.6) is 0 Å². The maximum atomic E-state index is 13.4. The molecule has 3 aromatic rings. The molecule has 1 aliphatic rings. The van der Waals surface area contributed by atoms with Crippen LogP contribution >= 0.6 is 0 Å². The molecule has 1 aliphatic heterocycles. The summed E-state index contributed by atoms with van der Waals surface area (Å²) in [5.74, 6) is -0.446. The Morgan fingerprint density at radius 1 is 1.13 bits per heavy atom. The normalized spacial score (nSPS) is 18.0. The molecule has 31 heavy (non-hydrogen) atoms. The van der Waals surface area contributed by atoms with Crippen molar-refractivity contribution < 1.29 is 14.3 Å². The predicted molar refractivity (Wildman–Crippen MR) is 117 cm³/mol. The highest BCUT2D eigenvalue weighted by Crippen LogP contribution is 2.30. The maximum Gasteiger partial charge on any atom is 0.273 e. The van der Waals surface area contributed by atoms with Crippen molar-refractivity contribution in [3.63, 3.8) is 0 Å². The molecule has 4 rings (SSSR count). The van der Waals surface area contributed by atoms with Gasteiger partial charge in [-0.25, -0.2) is 0 Å². The number of benzene rings is 2. The molecular weight excluding hydrogens is 392 g/mol. The third-order valence-corrected chi connectivity index (χ3v) is 5.67. The fourth-order valence-corrected chi connectivity index (χ4v) is 3.89. The standard InChI is InChI=1S/C24H26N4O3/c1-24(23(30)25-16-18-9-5-3-6-10-18)17-28-21(22(29)27(24)13-14-31-2)15-20(26-28)19-11-7-4-8-12-19/h3-12,15H,13-14,16-17H2,1-2H3,(H,25,30)/t24-/m1/s1. The van der Waals surface area contributed by atoms with Crippen LogP contribution in [0.1, 0.15) is 23.0 Å². The molecule has 160 valence electrons. The van der Waals surface area contributed by atoms with E-state index in [1.165, 1.54) is 0 Å². The van der Waals surface area contributed by atoms with E-state index in [9.17, 15) is 9.59 Å². The molecule has 7 heteroatoms. The van der Waals surface area contributed by atoms with Crippen LogP contribution in [0.3, 0.4) is 0 Å². The number of hydrogen-bond acceptors (Lipinski definition) is 4. The number of methoxy groups -OCH3 is 1. The number of hydrogen-bond donors (Lipinski definition) is 1. The molecule has 0 fully saturated rings. The number of carbonyl (C=O) groups excluding carboxylic acids is 2. The van der Waals surface area contributed by atoms with Crippen LogP contribution in [0.25, 0.3) is 11.3 Å². The van der Waals surface area contributed by atoms with Gasteiger partial charge in [-0.15, -0.1) is 0 Å². The summed E-state index contributed by atoms with van der Waals surface area (Å²) < 4.78 is 6.86. The Labute approximate surface area is 181 Å². The van der Waals surface area contributed by atoms with E-state index >= 15 is 0 Å². The molecule has 0 saturated carbocycles. The topological polar surface area (TPSA) is 76.5 Å². The van der Waals surface area contributed by atoms with E-state index < -0.39 is 5.54 Å². The molecule has 1 atom stereocenters. The third-order valence-electron chi connectivity index (χ3n) is 5.67. The van der Waals surface area contributed by atoms with Gasteiger partial charge in [0.15, 0.2) is 0 Å². The lowest BCUT2D eigenvalue weighted by atomic mass is 9.94. The SMILES string of the molecule is COCCN1C(=O)c2cc(-c3ccccc3)nn2C[C@]1(C)C(=O)NCc1ccccc1. The van der Waals surface area contributed by atoms with E-state index in [0.29, 0.717) is 31.1 Å². The molecule has 2 heterocycles. The Kier molecular flexibility index (Phi) is 5.86. The van der Waals surface area contributed by atoms with E-state index in [-0.39, 0.29) is 18.4 Å². The average molecular weight is 418 g/mol. The van der Waals surface area contributed by atoms with Crippen LogP contribution in [-0.2, 0) is 22.6 Å². The zero-order chi connectivity index (χ0) is 21.8. The minimum atomic E-state index is -1.09. The number of nitrogens with zero attached hydrogens (tertiary/aromatic N) is 3. The van der Waals surface area contributed by atoms with Crippen molar-refractivity contribution in [3.05, 3.63) is 78.0 Å². The highest BCUT2D eigenvalue weighted by molar-refractivity contribution is 6.00. The number of aromatic nitrogens is 2. The van der Waals surface area contributed by atoms with Gasteiger partial charge < -0.3 is 15.0 Å². The Hall–Kier alpha value is -3.45. The van der Waals surface area contributed by atoms with E-state index in [1.54, 1.807) is 29.7 Å². The second kappa shape index (κ2) is 8.73. The summed E-state index contributed by atoms with van der Waals surface area (Å²) in [6.07, 6.45) is 0. The quantitative estimate of drug-likeness (QED) is 0.640. The fourth-order valence-electron chi connectivity index (χ4n) is 3.89. The zero-order valence-electron chi connectivity index (χ0n) is 17.7. The Bertz CT molecular complexity index is 1060. The zero-order valence-corrected chi connectivity index (χ0v) is 17.7. The van der Waals surface area contributed by atoms with Gasteiger partial charge in [0.2, 0.25) is 5.91 Å². The third kappa shape index (κ3) is 4.09. The van der Waals surface area contributed by atoms with Crippen LogP contribution in [0.15, 0.2) is 66.7 Å².